The Balaban J connectivity index is 1.14. The van der Waals surface area contributed by atoms with Gasteiger partial charge in [-0.15, -0.1) is 0 Å². The van der Waals surface area contributed by atoms with E-state index in [2.05, 4.69) is 30.7 Å². The number of amides is 3. The average Bonchev–Trinajstić information content (AvgIpc) is 3.55. The van der Waals surface area contributed by atoms with Gasteiger partial charge in [0.1, 0.15) is 5.25 Å². The topological polar surface area (TPSA) is 120 Å². The molecule has 10 heteroatoms. The van der Waals surface area contributed by atoms with Crippen molar-refractivity contribution in [2.45, 2.75) is 24.5 Å². The summed E-state index contributed by atoms with van der Waals surface area (Å²) >= 11 is 1.37. The summed E-state index contributed by atoms with van der Waals surface area (Å²) in [6.07, 6.45) is 3.96. The summed E-state index contributed by atoms with van der Waals surface area (Å²) in [4.78, 5) is 43.4. The smallest absolute Gasteiger partial charge is 0.262 e. The molecule has 1 atom stereocenters. The lowest BCUT2D eigenvalue weighted by atomic mass is 10.1. The number of aromatic nitrogens is 2. The lowest BCUT2D eigenvalue weighted by Gasteiger charge is -2.16. The molecule has 2 aliphatic heterocycles. The molecule has 0 spiro atoms. The van der Waals surface area contributed by atoms with E-state index in [0.29, 0.717) is 16.9 Å². The number of benzene rings is 2. The van der Waals surface area contributed by atoms with Gasteiger partial charge < -0.3 is 15.5 Å². The quantitative estimate of drug-likeness (QED) is 0.536. The number of aromatic amines is 1. The highest BCUT2D eigenvalue weighted by atomic mass is 32.2. The third kappa shape index (κ3) is 4.75. The van der Waals surface area contributed by atoms with Crippen LogP contribution in [0.2, 0.25) is 0 Å². The Morgan fingerprint density at radius 1 is 1.06 bits per heavy atom. The predicted molar refractivity (Wildman–Crippen MR) is 128 cm³/mol. The van der Waals surface area contributed by atoms with E-state index in [0.717, 1.165) is 42.0 Å². The van der Waals surface area contributed by atoms with Gasteiger partial charge in [0, 0.05) is 41.8 Å². The second-order valence-electron chi connectivity index (χ2n) is 7.99. The van der Waals surface area contributed by atoms with Gasteiger partial charge in [0.25, 0.3) is 11.8 Å². The Bertz CT molecular complexity index is 1250. The lowest BCUT2D eigenvalue weighted by molar-refractivity contribution is -0.121. The monoisotopic (exact) mass is 462 g/mol. The molecule has 2 aliphatic rings. The molecule has 3 amide bonds. The molecule has 3 aromatic rings. The molecule has 0 aliphatic carbocycles. The second-order valence-corrected chi connectivity index (χ2v) is 9.16. The van der Waals surface area contributed by atoms with Crippen molar-refractivity contribution < 1.29 is 14.4 Å². The molecule has 1 unspecified atom stereocenters. The molecule has 1 fully saturated rings. The van der Waals surface area contributed by atoms with Crippen molar-refractivity contribution in [2.24, 2.45) is 4.99 Å². The minimum Gasteiger partial charge on any atom is -0.351 e. The number of rotatable bonds is 5. The van der Waals surface area contributed by atoms with Crippen LogP contribution in [0.3, 0.4) is 0 Å². The van der Waals surface area contributed by atoms with Crippen LogP contribution in [-0.2, 0) is 9.59 Å². The number of carbonyl (C=O) groups is 3. The molecular formula is C23H22N6O3S. The molecule has 9 nitrogen and oxygen atoms in total. The Morgan fingerprint density at radius 2 is 1.82 bits per heavy atom. The molecule has 33 heavy (non-hydrogen) atoms. The molecule has 168 valence electrons. The minimum absolute atomic E-state index is 0.0586. The number of aliphatic imine (C=N–C) groups is 1. The van der Waals surface area contributed by atoms with Gasteiger partial charge in [0.05, 0.1) is 11.7 Å². The summed E-state index contributed by atoms with van der Waals surface area (Å²) in [6.45, 7) is 1.83. The van der Waals surface area contributed by atoms with Crippen molar-refractivity contribution >= 4 is 56.9 Å². The fourth-order valence-electron chi connectivity index (χ4n) is 3.86. The van der Waals surface area contributed by atoms with Gasteiger partial charge in [-0.1, -0.05) is 11.8 Å². The van der Waals surface area contributed by atoms with Gasteiger partial charge in [0.2, 0.25) is 5.91 Å². The highest BCUT2D eigenvalue weighted by Crippen LogP contribution is 2.29. The van der Waals surface area contributed by atoms with Crippen molar-refractivity contribution in [1.82, 2.24) is 15.1 Å². The van der Waals surface area contributed by atoms with E-state index in [1.54, 1.807) is 36.5 Å². The van der Waals surface area contributed by atoms with Crippen molar-refractivity contribution in [2.75, 3.05) is 23.7 Å². The van der Waals surface area contributed by atoms with Crippen molar-refractivity contribution in [1.29, 1.82) is 0 Å². The van der Waals surface area contributed by atoms with Gasteiger partial charge in [-0.05, 0) is 55.3 Å². The first-order valence-electron chi connectivity index (χ1n) is 10.7. The van der Waals surface area contributed by atoms with Crippen LogP contribution in [0.25, 0.3) is 10.9 Å². The summed E-state index contributed by atoms with van der Waals surface area (Å²) in [5, 5.41) is 13.6. The number of fused-ring (bicyclic) bond motifs is 1. The number of likely N-dealkylation sites (tertiary alicyclic amines) is 1. The van der Waals surface area contributed by atoms with E-state index < -0.39 is 5.25 Å². The summed E-state index contributed by atoms with van der Waals surface area (Å²) in [5.41, 5.74) is 2.59. The van der Waals surface area contributed by atoms with Crippen LogP contribution in [0.15, 0.2) is 53.7 Å². The maximum absolute atomic E-state index is 12.5. The number of amidine groups is 1. The third-order valence-electron chi connectivity index (χ3n) is 5.61. The molecule has 3 N–H and O–H groups in total. The summed E-state index contributed by atoms with van der Waals surface area (Å²) < 4.78 is 0. The lowest BCUT2D eigenvalue weighted by Crippen LogP contribution is -2.25. The Kier molecular flexibility index (Phi) is 5.82. The zero-order chi connectivity index (χ0) is 22.8. The number of H-pyrrole nitrogens is 1. The van der Waals surface area contributed by atoms with E-state index in [4.69, 9.17) is 0 Å². The maximum atomic E-state index is 12.5. The molecule has 1 aromatic heterocycles. The molecule has 0 saturated carbocycles. The number of carbonyl (C=O) groups excluding carboxylic acids is 3. The number of thioether (sulfide) groups is 1. The summed E-state index contributed by atoms with van der Waals surface area (Å²) in [7, 11) is 0. The standard InChI is InChI=1S/C23H22N6O3S/c30-20(12-19-22(32)27-23(33-19)29-9-1-2-10-29)25-16-5-3-14(4-6-16)21(31)26-17-7-8-18-15(11-17)13-24-28-18/h3-8,11,13,19H,1-2,9-10,12H2,(H,24,28)(H,25,30)(H,26,31). The van der Waals surface area contributed by atoms with Crippen molar-refractivity contribution in [3.05, 3.63) is 54.2 Å². The first-order valence-corrected chi connectivity index (χ1v) is 11.6. The van der Waals surface area contributed by atoms with E-state index >= 15 is 0 Å². The first-order chi connectivity index (χ1) is 16.0. The normalized spacial score (nSPS) is 17.9. The van der Waals surface area contributed by atoms with Crippen LogP contribution >= 0.6 is 11.8 Å². The number of nitrogens with one attached hydrogen (secondary N) is 3. The zero-order valence-corrected chi connectivity index (χ0v) is 18.5. The van der Waals surface area contributed by atoms with Gasteiger partial charge >= 0.3 is 0 Å². The second kappa shape index (κ2) is 9.07. The van der Waals surface area contributed by atoms with Crippen LogP contribution in [0, 0.1) is 0 Å². The third-order valence-corrected chi connectivity index (χ3v) is 6.82. The molecular weight excluding hydrogens is 440 g/mol. The number of hydrogen-bond donors (Lipinski definition) is 3. The minimum atomic E-state index is -0.488. The van der Waals surface area contributed by atoms with Gasteiger partial charge in [0.15, 0.2) is 5.17 Å². The van der Waals surface area contributed by atoms with E-state index in [9.17, 15) is 14.4 Å². The fraction of sp³-hybridized carbons (Fsp3) is 0.261. The van der Waals surface area contributed by atoms with Crippen LogP contribution in [-0.4, -0.2) is 56.3 Å². The Morgan fingerprint density at radius 3 is 2.61 bits per heavy atom. The molecule has 1 saturated heterocycles. The Hall–Kier alpha value is -3.66. The van der Waals surface area contributed by atoms with Gasteiger partial charge in [-0.25, -0.2) is 0 Å². The van der Waals surface area contributed by atoms with Gasteiger partial charge in [-0.3, -0.25) is 19.5 Å². The SMILES string of the molecule is O=C(CC1SC(N2CCCC2)=NC1=O)Nc1ccc(C(=O)Nc2ccc3[nH]ncc3c2)cc1. The number of hydrogen-bond acceptors (Lipinski definition) is 6. The fourth-order valence-corrected chi connectivity index (χ4v) is 4.98. The van der Waals surface area contributed by atoms with E-state index in [-0.39, 0.29) is 24.1 Å². The van der Waals surface area contributed by atoms with Crippen LogP contribution < -0.4 is 10.6 Å². The number of anilines is 2. The average molecular weight is 463 g/mol. The summed E-state index contributed by atoms with van der Waals surface area (Å²) in [5.74, 6) is -0.766. The highest BCUT2D eigenvalue weighted by Gasteiger charge is 2.33. The predicted octanol–water partition coefficient (Wildman–Crippen LogP) is 3.24. The maximum Gasteiger partial charge on any atom is 0.262 e. The Labute approximate surface area is 194 Å². The molecule has 0 bridgehead atoms. The van der Waals surface area contributed by atoms with E-state index in [1.807, 2.05) is 12.1 Å². The summed E-state index contributed by atoms with van der Waals surface area (Å²) in [6, 6.07) is 12.1. The molecule has 5 rings (SSSR count). The molecule has 0 radical (unpaired) electrons. The van der Waals surface area contributed by atoms with E-state index in [1.165, 1.54) is 11.8 Å². The number of nitrogens with zero attached hydrogens (tertiary/aromatic N) is 3. The first kappa shape index (κ1) is 21.2. The largest absolute Gasteiger partial charge is 0.351 e. The van der Waals surface area contributed by atoms with Crippen molar-refractivity contribution in [3.63, 3.8) is 0 Å². The molecule has 2 aromatic carbocycles. The molecule has 3 heterocycles. The van der Waals surface area contributed by atoms with Gasteiger partial charge in [-0.2, -0.15) is 10.1 Å². The highest BCUT2D eigenvalue weighted by molar-refractivity contribution is 8.15. The van der Waals surface area contributed by atoms with Crippen LogP contribution in [0.5, 0.6) is 0 Å². The van der Waals surface area contributed by atoms with Crippen LogP contribution in [0.4, 0.5) is 11.4 Å². The van der Waals surface area contributed by atoms with Crippen molar-refractivity contribution in [3.8, 4) is 0 Å². The zero-order valence-electron chi connectivity index (χ0n) is 17.7. The van der Waals surface area contributed by atoms with Crippen LogP contribution in [0.1, 0.15) is 29.6 Å².